The normalized spacial score (nSPS) is 11.5. The van der Waals surface area contributed by atoms with Crippen LogP contribution in [0.15, 0.2) is 36.4 Å². The van der Waals surface area contributed by atoms with E-state index in [4.69, 9.17) is 0 Å². The molecular formula is C25H33FN4O3. The number of hydrogen-bond acceptors (Lipinski definition) is 3. The van der Waals surface area contributed by atoms with E-state index in [0.717, 1.165) is 27.9 Å². The number of urea groups is 1. The molecule has 0 aliphatic heterocycles. The molecular weight excluding hydrogens is 423 g/mol. The average molecular weight is 457 g/mol. The number of likely N-dealkylation sites (N-methyl/N-ethyl adjacent to an activating group) is 1. The Bertz CT molecular complexity index is 969. The van der Waals surface area contributed by atoms with Crippen LogP contribution >= 0.6 is 0 Å². The van der Waals surface area contributed by atoms with Crippen LogP contribution in [0.4, 0.5) is 14.9 Å². The van der Waals surface area contributed by atoms with Crippen molar-refractivity contribution in [2.45, 2.75) is 53.1 Å². The van der Waals surface area contributed by atoms with Gasteiger partial charge in [0, 0.05) is 19.3 Å². The predicted octanol–water partition coefficient (Wildman–Crippen LogP) is 3.82. The summed E-state index contributed by atoms with van der Waals surface area (Å²) >= 11 is 0. The Morgan fingerprint density at radius 1 is 1.03 bits per heavy atom. The first kappa shape index (κ1) is 25.8. The lowest BCUT2D eigenvalue weighted by molar-refractivity contribution is -0.135. The molecule has 33 heavy (non-hydrogen) atoms. The molecule has 3 N–H and O–H groups in total. The molecule has 0 fully saturated rings. The van der Waals surface area contributed by atoms with Crippen LogP contribution in [0.3, 0.4) is 0 Å². The molecule has 0 radical (unpaired) electrons. The van der Waals surface area contributed by atoms with Gasteiger partial charge in [0.25, 0.3) is 0 Å². The highest BCUT2D eigenvalue weighted by molar-refractivity contribution is 5.97. The number of nitrogens with zero attached hydrogens (tertiary/aromatic N) is 1. The molecule has 0 heterocycles. The van der Waals surface area contributed by atoms with Crippen LogP contribution in [0.1, 0.15) is 42.0 Å². The van der Waals surface area contributed by atoms with E-state index < -0.39 is 12.1 Å². The molecule has 2 rings (SSSR count). The van der Waals surface area contributed by atoms with Gasteiger partial charge in [0.05, 0.1) is 6.54 Å². The van der Waals surface area contributed by atoms with Gasteiger partial charge in [-0.3, -0.25) is 9.59 Å². The van der Waals surface area contributed by atoms with Crippen LogP contribution < -0.4 is 16.0 Å². The second-order valence-corrected chi connectivity index (χ2v) is 8.31. The number of amides is 4. The third-order valence-corrected chi connectivity index (χ3v) is 5.25. The third-order valence-electron chi connectivity index (χ3n) is 5.25. The lowest BCUT2D eigenvalue weighted by Crippen LogP contribution is -2.51. The van der Waals surface area contributed by atoms with Gasteiger partial charge in [0.2, 0.25) is 11.8 Å². The molecule has 1 unspecified atom stereocenters. The third kappa shape index (κ3) is 7.89. The Morgan fingerprint density at radius 2 is 1.64 bits per heavy atom. The smallest absolute Gasteiger partial charge is 0.315 e. The summed E-state index contributed by atoms with van der Waals surface area (Å²) in [4.78, 5) is 39.1. The van der Waals surface area contributed by atoms with Gasteiger partial charge in [-0.05, 0) is 56.0 Å². The van der Waals surface area contributed by atoms with E-state index in [-0.39, 0.29) is 30.7 Å². The highest BCUT2D eigenvalue weighted by atomic mass is 19.1. The van der Waals surface area contributed by atoms with Crippen molar-refractivity contribution in [1.82, 2.24) is 15.5 Å². The molecule has 0 spiro atoms. The van der Waals surface area contributed by atoms with E-state index in [1.807, 2.05) is 39.8 Å². The van der Waals surface area contributed by atoms with Crippen molar-refractivity contribution in [3.8, 4) is 0 Å². The second-order valence-electron chi connectivity index (χ2n) is 8.31. The highest BCUT2D eigenvalue weighted by Gasteiger charge is 2.24. The van der Waals surface area contributed by atoms with Crippen LogP contribution in [0.25, 0.3) is 0 Å². The molecule has 0 saturated heterocycles. The average Bonchev–Trinajstić information content (AvgIpc) is 2.75. The number of nitrogens with one attached hydrogen (secondary N) is 3. The number of rotatable bonds is 9. The summed E-state index contributed by atoms with van der Waals surface area (Å²) < 4.78 is 13.0. The van der Waals surface area contributed by atoms with Gasteiger partial charge in [-0.2, -0.15) is 0 Å². The zero-order chi connectivity index (χ0) is 24.5. The lowest BCUT2D eigenvalue weighted by Gasteiger charge is -2.24. The number of carbonyl (C=O) groups excluding carboxylic acids is 3. The summed E-state index contributed by atoms with van der Waals surface area (Å²) in [5.41, 5.74) is 4.51. The molecule has 7 nitrogen and oxygen atoms in total. The first-order valence-corrected chi connectivity index (χ1v) is 11.0. The summed E-state index contributed by atoms with van der Waals surface area (Å²) in [7, 11) is 1.54. The summed E-state index contributed by atoms with van der Waals surface area (Å²) in [6.07, 6.45) is 1.11. The van der Waals surface area contributed by atoms with Crippen molar-refractivity contribution in [3.63, 3.8) is 0 Å². The van der Waals surface area contributed by atoms with Crippen LogP contribution in [-0.2, 0) is 16.1 Å². The maximum absolute atomic E-state index is 13.0. The predicted molar refractivity (Wildman–Crippen MR) is 127 cm³/mol. The molecule has 8 heteroatoms. The molecule has 2 aromatic rings. The first-order valence-electron chi connectivity index (χ1n) is 11.0. The molecule has 0 aliphatic rings. The summed E-state index contributed by atoms with van der Waals surface area (Å²) in [5, 5.41) is 8.24. The molecule has 0 aliphatic carbocycles. The van der Waals surface area contributed by atoms with Crippen molar-refractivity contribution < 1.29 is 18.8 Å². The summed E-state index contributed by atoms with van der Waals surface area (Å²) in [6, 6.07) is 8.50. The van der Waals surface area contributed by atoms with Crippen molar-refractivity contribution >= 4 is 23.5 Å². The number of benzene rings is 2. The molecule has 1 atom stereocenters. The van der Waals surface area contributed by atoms with E-state index in [9.17, 15) is 18.8 Å². The monoisotopic (exact) mass is 456 g/mol. The lowest BCUT2D eigenvalue weighted by atomic mass is 10.1. The molecule has 0 bridgehead atoms. The number of carbonyl (C=O) groups is 3. The van der Waals surface area contributed by atoms with Gasteiger partial charge < -0.3 is 20.9 Å². The maximum Gasteiger partial charge on any atom is 0.315 e. The number of halogens is 1. The van der Waals surface area contributed by atoms with Crippen molar-refractivity contribution in [1.29, 1.82) is 0 Å². The minimum Gasteiger partial charge on any atom is -0.335 e. The van der Waals surface area contributed by atoms with Crippen LogP contribution in [-0.4, -0.2) is 42.4 Å². The van der Waals surface area contributed by atoms with Gasteiger partial charge in [0.15, 0.2) is 0 Å². The first-order chi connectivity index (χ1) is 15.6. The molecule has 0 saturated carbocycles. The largest absolute Gasteiger partial charge is 0.335 e. The van der Waals surface area contributed by atoms with Gasteiger partial charge >= 0.3 is 6.03 Å². The van der Waals surface area contributed by atoms with Gasteiger partial charge in [-0.15, -0.1) is 0 Å². The molecule has 4 amide bonds. The van der Waals surface area contributed by atoms with Gasteiger partial charge in [-0.25, -0.2) is 9.18 Å². The number of anilines is 1. The van der Waals surface area contributed by atoms with Crippen molar-refractivity contribution in [3.05, 3.63) is 64.5 Å². The topological polar surface area (TPSA) is 90.5 Å². The minimum absolute atomic E-state index is 0.134. The Hall–Kier alpha value is -3.42. The quantitative estimate of drug-likeness (QED) is 0.536. The van der Waals surface area contributed by atoms with Crippen LogP contribution in [0.5, 0.6) is 0 Å². The SMILES string of the molecule is CCCC(NC(=O)NCc1ccc(F)cc1)C(=O)N(C)CC(=O)Nc1c(C)cc(C)cc1C. The van der Waals surface area contributed by atoms with Crippen LogP contribution in [0, 0.1) is 26.6 Å². The zero-order valence-electron chi connectivity index (χ0n) is 19.9. The fourth-order valence-corrected chi connectivity index (χ4v) is 3.66. The van der Waals surface area contributed by atoms with Gasteiger partial charge in [0.1, 0.15) is 11.9 Å². The molecule has 2 aromatic carbocycles. The van der Waals surface area contributed by atoms with E-state index >= 15 is 0 Å². The Kier molecular flexibility index (Phi) is 9.39. The van der Waals surface area contributed by atoms with E-state index in [0.29, 0.717) is 12.8 Å². The van der Waals surface area contributed by atoms with Crippen molar-refractivity contribution in [2.24, 2.45) is 0 Å². The zero-order valence-corrected chi connectivity index (χ0v) is 19.9. The maximum atomic E-state index is 13.0. The molecule has 0 aromatic heterocycles. The fourth-order valence-electron chi connectivity index (χ4n) is 3.66. The van der Waals surface area contributed by atoms with E-state index in [1.54, 1.807) is 12.1 Å². The molecule has 178 valence electrons. The highest BCUT2D eigenvalue weighted by Crippen LogP contribution is 2.21. The van der Waals surface area contributed by atoms with Crippen LogP contribution in [0.2, 0.25) is 0 Å². The number of hydrogen-bond donors (Lipinski definition) is 3. The van der Waals surface area contributed by atoms with Crippen molar-refractivity contribution in [2.75, 3.05) is 18.9 Å². The minimum atomic E-state index is -0.760. The Labute approximate surface area is 194 Å². The van der Waals surface area contributed by atoms with Gasteiger partial charge in [-0.1, -0.05) is 43.2 Å². The Balaban J connectivity index is 1.93. The van der Waals surface area contributed by atoms with E-state index in [2.05, 4.69) is 16.0 Å². The summed E-state index contributed by atoms with van der Waals surface area (Å²) in [5.74, 6) is -1.00. The standard InChI is InChI=1S/C25H33FN4O3/c1-6-7-21(28-25(33)27-14-19-8-10-20(26)11-9-19)24(32)30(5)15-22(31)29-23-17(3)12-16(2)13-18(23)4/h8-13,21H,6-7,14-15H2,1-5H3,(H,29,31)(H2,27,28,33). The number of aryl methyl sites for hydroxylation is 3. The Morgan fingerprint density at radius 3 is 2.21 bits per heavy atom. The fraction of sp³-hybridized carbons (Fsp3) is 0.400. The second kappa shape index (κ2) is 12.0. The summed E-state index contributed by atoms with van der Waals surface area (Å²) in [6.45, 7) is 7.83. The van der Waals surface area contributed by atoms with E-state index in [1.165, 1.54) is 24.1 Å².